The van der Waals surface area contributed by atoms with E-state index >= 15 is 0 Å². The second-order valence-electron chi connectivity index (χ2n) is 5.94. The molecule has 3 rings (SSSR count). The van der Waals surface area contributed by atoms with Crippen molar-refractivity contribution >= 4 is 23.5 Å². The minimum atomic E-state index is -0.133. The molecule has 1 amide bonds. The molecule has 124 valence electrons. The molecule has 0 aliphatic heterocycles. The van der Waals surface area contributed by atoms with Crippen molar-refractivity contribution in [1.29, 1.82) is 5.26 Å². The molecule has 2 heterocycles. The summed E-state index contributed by atoms with van der Waals surface area (Å²) in [5, 5.41) is 17.2. The highest BCUT2D eigenvalue weighted by molar-refractivity contribution is 8.00. The highest BCUT2D eigenvalue weighted by atomic mass is 32.2. The fourth-order valence-electron chi connectivity index (χ4n) is 3.02. The highest BCUT2D eigenvalue weighted by Gasteiger charge is 2.21. The molecular formula is C17H19N5OS. The number of nitriles is 1. The first-order valence-corrected chi connectivity index (χ1v) is 8.84. The Morgan fingerprint density at radius 1 is 1.46 bits per heavy atom. The van der Waals surface area contributed by atoms with E-state index in [2.05, 4.69) is 21.5 Å². The number of fused-ring (bicyclic) bond motifs is 1. The van der Waals surface area contributed by atoms with E-state index in [9.17, 15) is 10.1 Å². The summed E-state index contributed by atoms with van der Waals surface area (Å²) in [6.07, 6.45) is 3.03. The van der Waals surface area contributed by atoms with Crippen LogP contribution >= 0.6 is 11.8 Å². The molecular weight excluding hydrogens is 322 g/mol. The van der Waals surface area contributed by atoms with Crippen LogP contribution in [0, 0.1) is 25.2 Å². The molecule has 0 fully saturated rings. The van der Waals surface area contributed by atoms with Crippen molar-refractivity contribution in [2.75, 3.05) is 11.1 Å². The summed E-state index contributed by atoms with van der Waals surface area (Å²) < 4.78 is 1.64. The summed E-state index contributed by atoms with van der Waals surface area (Å²) in [4.78, 5) is 16.8. The van der Waals surface area contributed by atoms with Gasteiger partial charge in [0.25, 0.3) is 0 Å². The van der Waals surface area contributed by atoms with Crippen LogP contribution in [0.2, 0.25) is 0 Å². The number of carbonyl (C=O) groups excluding carboxylic acids is 1. The number of rotatable bonds is 4. The van der Waals surface area contributed by atoms with Gasteiger partial charge in [0.05, 0.1) is 17.0 Å². The van der Waals surface area contributed by atoms with Gasteiger partial charge >= 0.3 is 0 Å². The van der Waals surface area contributed by atoms with E-state index in [1.165, 1.54) is 17.3 Å². The molecule has 7 heteroatoms. The second-order valence-corrected chi connectivity index (χ2v) is 6.90. The van der Waals surface area contributed by atoms with Crippen molar-refractivity contribution in [3.8, 4) is 6.07 Å². The fourth-order valence-corrected chi connectivity index (χ4v) is 3.88. The largest absolute Gasteiger partial charge is 0.310 e. The minimum absolute atomic E-state index is 0.133. The monoisotopic (exact) mass is 341 g/mol. The van der Waals surface area contributed by atoms with Crippen molar-refractivity contribution in [2.24, 2.45) is 7.05 Å². The number of hydrogen-bond donors (Lipinski definition) is 1. The van der Waals surface area contributed by atoms with Crippen molar-refractivity contribution in [2.45, 2.75) is 38.1 Å². The predicted octanol–water partition coefficient (Wildman–Crippen LogP) is 2.52. The number of aromatic nitrogens is 3. The molecule has 1 aliphatic carbocycles. The Labute approximate surface area is 145 Å². The number of amides is 1. The quantitative estimate of drug-likeness (QED) is 0.864. The third kappa shape index (κ3) is 3.15. The number of anilines is 1. The Morgan fingerprint density at radius 3 is 2.92 bits per heavy atom. The molecule has 0 radical (unpaired) electrons. The van der Waals surface area contributed by atoms with Crippen LogP contribution in [0.3, 0.4) is 0 Å². The number of hydrogen-bond acceptors (Lipinski definition) is 5. The number of nitrogens with one attached hydrogen (secondary N) is 1. The van der Waals surface area contributed by atoms with Crippen LogP contribution in [-0.4, -0.2) is 26.4 Å². The van der Waals surface area contributed by atoms with Crippen molar-refractivity contribution in [3.05, 3.63) is 34.1 Å². The number of thioether (sulfide) groups is 1. The number of nitrogens with zero attached hydrogens (tertiary/aromatic N) is 4. The molecule has 0 atom stereocenters. The van der Waals surface area contributed by atoms with Gasteiger partial charge in [-0.05, 0) is 44.2 Å². The maximum absolute atomic E-state index is 12.2. The molecule has 6 nitrogen and oxygen atoms in total. The SMILES string of the molecule is Cc1cc(NC(=O)CSc2nc3c(c(C)c2C#N)CCC3)n(C)n1. The number of pyridine rings is 1. The smallest absolute Gasteiger partial charge is 0.235 e. The molecule has 0 saturated carbocycles. The standard InChI is InChI=1S/C17H19N5OS/c1-10-7-15(22(3)21-10)20-16(23)9-24-17-13(8-18)11(2)12-5-4-6-14(12)19-17/h7H,4-6,9H2,1-3H3,(H,20,23). The average molecular weight is 341 g/mol. The summed E-state index contributed by atoms with van der Waals surface area (Å²) in [5.74, 6) is 0.743. The molecule has 1 aliphatic rings. The number of carbonyl (C=O) groups is 1. The van der Waals surface area contributed by atoms with E-state index in [-0.39, 0.29) is 11.7 Å². The Bertz CT molecular complexity index is 850. The maximum Gasteiger partial charge on any atom is 0.235 e. The van der Waals surface area contributed by atoms with Crippen LogP contribution in [-0.2, 0) is 24.7 Å². The normalized spacial score (nSPS) is 12.8. The summed E-state index contributed by atoms with van der Waals surface area (Å²) in [5.41, 5.74) is 4.76. The minimum Gasteiger partial charge on any atom is -0.310 e. The van der Waals surface area contributed by atoms with Gasteiger partial charge < -0.3 is 5.32 Å². The van der Waals surface area contributed by atoms with Crippen molar-refractivity contribution in [3.63, 3.8) is 0 Å². The van der Waals surface area contributed by atoms with E-state index in [1.54, 1.807) is 11.7 Å². The summed E-state index contributed by atoms with van der Waals surface area (Å²) in [7, 11) is 1.79. The van der Waals surface area contributed by atoms with Crippen LogP contribution in [0.4, 0.5) is 5.82 Å². The molecule has 0 bridgehead atoms. The van der Waals surface area contributed by atoms with E-state index in [0.29, 0.717) is 16.4 Å². The third-order valence-corrected chi connectivity index (χ3v) is 5.16. The molecule has 0 saturated heterocycles. The average Bonchev–Trinajstić information content (AvgIpc) is 3.12. The topological polar surface area (TPSA) is 83.6 Å². The Morgan fingerprint density at radius 2 is 2.25 bits per heavy atom. The maximum atomic E-state index is 12.2. The van der Waals surface area contributed by atoms with Gasteiger partial charge in [0.15, 0.2) is 0 Å². The van der Waals surface area contributed by atoms with Gasteiger partial charge in [0.2, 0.25) is 5.91 Å². The van der Waals surface area contributed by atoms with Gasteiger partial charge in [-0.15, -0.1) is 0 Å². The Hall–Kier alpha value is -2.33. The molecule has 0 spiro atoms. The lowest BCUT2D eigenvalue weighted by atomic mass is 10.0. The first-order valence-electron chi connectivity index (χ1n) is 7.85. The lowest BCUT2D eigenvalue weighted by molar-refractivity contribution is -0.113. The highest BCUT2D eigenvalue weighted by Crippen LogP contribution is 2.31. The van der Waals surface area contributed by atoms with E-state index in [1.807, 2.05) is 19.9 Å². The zero-order chi connectivity index (χ0) is 17.3. The van der Waals surface area contributed by atoms with Crippen LogP contribution in [0.5, 0.6) is 0 Å². The zero-order valence-corrected chi connectivity index (χ0v) is 14.8. The van der Waals surface area contributed by atoms with Crippen molar-refractivity contribution in [1.82, 2.24) is 14.8 Å². The molecule has 0 aromatic carbocycles. The molecule has 1 N–H and O–H groups in total. The molecule has 2 aromatic heterocycles. The molecule has 0 unspecified atom stereocenters. The lowest BCUT2D eigenvalue weighted by Gasteiger charge is -2.11. The molecule has 24 heavy (non-hydrogen) atoms. The van der Waals surface area contributed by atoms with Crippen LogP contribution < -0.4 is 5.32 Å². The van der Waals surface area contributed by atoms with Crippen molar-refractivity contribution < 1.29 is 4.79 Å². The van der Waals surface area contributed by atoms with Crippen LogP contribution in [0.15, 0.2) is 11.1 Å². The second kappa shape index (κ2) is 6.65. The molecule has 2 aromatic rings. The van der Waals surface area contributed by atoms with Gasteiger partial charge in [-0.3, -0.25) is 9.48 Å². The summed E-state index contributed by atoms with van der Waals surface area (Å²) in [6, 6.07) is 4.07. The van der Waals surface area contributed by atoms with E-state index in [4.69, 9.17) is 0 Å². The van der Waals surface area contributed by atoms with Gasteiger partial charge in [-0.1, -0.05) is 11.8 Å². The van der Waals surface area contributed by atoms with Crippen LogP contribution in [0.25, 0.3) is 0 Å². The predicted molar refractivity (Wildman–Crippen MR) is 93.0 cm³/mol. The van der Waals surface area contributed by atoms with Gasteiger partial charge in [0.1, 0.15) is 16.9 Å². The van der Waals surface area contributed by atoms with Crippen LogP contribution in [0.1, 0.15) is 34.5 Å². The summed E-state index contributed by atoms with van der Waals surface area (Å²) >= 11 is 1.32. The third-order valence-electron chi connectivity index (χ3n) is 4.19. The summed E-state index contributed by atoms with van der Waals surface area (Å²) in [6.45, 7) is 3.85. The van der Waals surface area contributed by atoms with Gasteiger partial charge in [0, 0.05) is 18.8 Å². The number of aryl methyl sites for hydroxylation is 3. The first-order chi connectivity index (χ1) is 11.5. The zero-order valence-electron chi connectivity index (χ0n) is 14.0. The first kappa shape index (κ1) is 16.5. The van der Waals surface area contributed by atoms with E-state index in [0.717, 1.165) is 36.2 Å². The fraction of sp³-hybridized carbons (Fsp3) is 0.412. The Kier molecular flexibility index (Phi) is 4.58. The van der Waals surface area contributed by atoms with E-state index < -0.39 is 0 Å². The van der Waals surface area contributed by atoms with Gasteiger partial charge in [-0.2, -0.15) is 10.4 Å². The Balaban J connectivity index is 1.73. The van der Waals surface area contributed by atoms with Gasteiger partial charge in [-0.25, -0.2) is 4.98 Å². The lowest BCUT2D eigenvalue weighted by Crippen LogP contribution is -2.16.